The molecule has 0 saturated heterocycles. The smallest absolute Gasteiger partial charge is 0.272 e. The summed E-state index contributed by atoms with van der Waals surface area (Å²) in [7, 11) is 0. The first-order valence-electron chi connectivity index (χ1n) is 10.1. The van der Waals surface area contributed by atoms with Crippen LogP contribution in [0.25, 0.3) is 5.69 Å². The second-order valence-electron chi connectivity index (χ2n) is 8.11. The Kier molecular flexibility index (Phi) is 4.07. The minimum atomic E-state index is -0.0728. The molecule has 0 radical (unpaired) electrons. The summed E-state index contributed by atoms with van der Waals surface area (Å²) in [6.45, 7) is 4.22. The lowest BCUT2D eigenvalue weighted by atomic mass is 9.92. The number of rotatable bonds is 3. The van der Waals surface area contributed by atoms with E-state index in [1.165, 1.54) is 16.8 Å². The molecule has 0 aliphatic heterocycles. The zero-order valence-corrected chi connectivity index (χ0v) is 16.4. The summed E-state index contributed by atoms with van der Waals surface area (Å²) in [5.41, 5.74) is 8.67. The summed E-state index contributed by atoms with van der Waals surface area (Å²) in [6, 6.07) is 6.49. The van der Waals surface area contributed by atoms with Crippen LogP contribution >= 0.6 is 0 Å². The number of aromatic amines is 1. The Morgan fingerprint density at radius 3 is 2.79 bits per heavy atom. The van der Waals surface area contributed by atoms with Gasteiger partial charge in [0.25, 0.3) is 5.91 Å². The van der Waals surface area contributed by atoms with Gasteiger partial charge in [0.05, 0.1) is 17.9 Å². The molecule has 28 heavy (non-hydrogen) atoms. The van der Waals surface area contributed by atoms with E-state index in [1.54, 1.807) is 0 Å². The molecule has 2 N–H and O–H groups in total. The maximum atomic E-state index is 12.9. The van der Waals surface area contributed by atoms with Gasteiger partial charge in [-0.3, -0.25) is 9.89 Å². The number of aromatic nitrogens is 4. The minimum Gasteiger partial charge on any atom is -0.344 e. The summed E-state index contributed by atoms with van der Waals surface area (Å²) in [4.78, 5) is 12.9. The maximum Gasteiger partial charge on any atom is 0.272 e. The van der Waals surface area contributed by atoms with E-state index in [4.69, 9.17) is 0 Å². The van der Waals surface area contributed by atoms with Gasteiger partial charge in [-0.2, -0.15) is 10.2 Å². The molecule has 5 rings (SSSR count). The molecule has 2 aliphatic rings. The fourth-order valence-corrected chi connectivity index (χ4v) is 4.74. The highest BCUT2D eigenvalue weighted by molar-refractivity contribution is 5.94. The fourth-order valence-electron chi connectivity index (χ4n) is 4.74. The van der Waals surface area contributed by atoms with Crippen LogP contribution in [0.1, 0.15) is 69.4 Å². The molecule has 1 atom stereocenters. The summed E-state index contributed by atoms with van der Waals surface area (Å²) in [5, 5.41) is 15.2. The van der Waals surface area contributed by atoms with Crippen LogP contribution < -0.4 is 5.32 Å². The Morgan fingerprint density at radius 2 is 1.96 bits per heavy atom. The Hall–Kier alpha value is -2.89. The van der Waals surface area contributed by atoms with Crippen molar-refractivity contribution in [2.75, 3.05) is 0 Å². The third-order valence-electron chi connectivity index (χ3n) is 5.96. The second kappa shape index (κ2) is 6.62. The van der Waals surface area contributed by atoms with Crippen molar-refractivity contribution in [2.45, 2.75) is 58.4 Å². The summed E-state index contributed by atoms with van der Waals surface area (Å²) >= 11 is 0. The number of fused-ring (bicyclic) bond motifs is 2. The van der Waals surface area contributed by atoms with Gasteiger partial charge in [0.2, 0.25) is 0 Å². The molecule has 3 aromatic rings. The Labute approximate surface area is 164 Å². The van der Waals surface area contributed by atoms with Crippen LogP contribution in [-0.4, -0.2) is 25.9 Å². The van der Waals surface area contributed by atoms with Crippen LogP contribution in [0.15, 0.2) is 24.4 Å². The van der Waals surface area contributed by atoms with Gasteiger partial charge < -0.3 is 5.32 Å². The molecule has 6 heteroatoms. The highest BCUT2D eigenvalue weighted by atomic mass is 16.2. The number of carbonyl (C=O) groups is 1. The van der Waals surface area contributed by atoms with Crippen LogP contribution in [0.2, 0.25) is 0 Å². The molecule has 0 saturated carbocycles. The van der Waals surface area contributed by atoms with E-state index in [0.717, 1.165) is 61.0 Å². The van der Waals surface area contributed by atoms with Gasteiger partial charge in [-0.1, -0.05) is 6.07 Å². The van der Waals surface area contributed by atoms with E-state index in [2.05, 4.69) is 52.7 Å². The first-order valence-corrected chi connectivity index (χ1v) is 10.1. The maximum absolute atomic E-state index is 12.9. The molecule has 1 amide bonds. The number of aryl methyl sites for hydroxylation is 3. The monoisotopic (exact) mass is 375 g/mol. The SMILES string of the molecule is Cc1cc(C)cc(-n2ncc3c2CCC[C@@H]3NC(=O)c2n[nH]c3c2CCC3)c1. The summed E-state index contributed by atoms with van der Waals surface area (Å²) in [5.74, 6) is -0.0728. The Morgan fingerprint density at radius 1 is 1.14 bits per heavy atom. The van der Waals surface area contributed by atoms with Gasteiger partial charge in [0, 0.05) is 22.5 Å². The zero-order valence-electron chi connectivity index (χ0n) is 16.4. The number of nitrogens with zero attached hydrogens (tertiary/aromatic N) is 3. The first kappa shape index (κ1) is 17.2. The molecule has 0 unspecified atom stereocenters. The van der Waals surface area contributed by atoms with Crippen molar-refractivity contribution in [1.82, 2.24) is 25.3 Å². The van der Waals surface area contributed by atoms with E-state index in [-0.39, 0.29) is 11.9 Å². The van der Waals surface area contributed by atoms with E-state index in [0.29, 0.717) is 5.69 Å². The van der Waals surface area contributed by atoms with Gasteiger partial charge >= 0.3 is 0 Å². The van der Waals surface area contributed by atoms with E-state index >= 15 is 0 Å². The van der Waals surface area contributed by atoms with Crippen molar-refractivity contribution in [2.24, 2.45) is 0 Å². The quantitative estimate of drug-likeness (QED) is 0.736. The lowest BCUT2D eigenvalue weighted by Crippen LogP contribution is -2.31. The summed E-state index contributed by atoms with van der Waals surface area (Å²) in [6.07, 6.45) is 7.90. The Balaban J connectivity index is 1.44. The van der Waals surface area contributed by atoms with Crippen molar-refractivity contribution < 1.29 is 4.79 Å². The average molecular weight is 375 g/mol. The molecule has 0 bridgehead atoms. The average Bonchev–Trinajstić information content (AvgIpc) is 3.36. The molecule has 2 heterocycles. The third-order valence-corrected chi connectivity index (χ3v) is 5.96. The van der Waals surface area contributed by atoms with Crippen LogP contribution in [-0.2, 0) is 19.3 Å². The molecule has 0 spiro atoms. The van der Waals surface area contributed by atoms with Gasteiger partial charge in [-0.05, 0) is 75.6 Å². The standard InChI is InChI=1S/C22H25N5O/c1-13-9-14(2)11-15(10-13)27-20-8-4-6-18(17(20)12-23-27)24-22(28)21-16-5-3-7-19(16)25-26-21/h9-12,18H,3-8H2,1-2H3,(H,24,28)(H,25,26)/t18-/m0/s1. The molecule has 1 aromatic carbocycles. The number of benzene rings is 1. The topological polar surface area (TPSA) is 75.6 Å². The lowest BCUT2D eigenvalue weighted by molar-refractivity contribution is 0.0926. The molecule has 6 nitrogen and oxygen atoms in total. The molecule has 144 valence electrons. The fraction of sp³-hybridized carbons (Fsp3) is 0.409. The van der Waals surface area contributed by atoms with Crippen LogP contribution in [0.3, 0.4) is 0 Å². The van der Waals surface area contributed by atoms with Crippen molar-refractivity contribution >= 4 is 5.91 Å². The number of hydrogen-bond donors (Lipinski definition) is 2. The van der Waals surface area contributed by atoms with Crippen LogP contribution in [0.4, 0.5) is 0 Å². The van der Waals surface area contributed by atoms with Crippen molar-refractivity contribution in [3.63, 3.8) is 0 Å². The largest absolute Gasteiger partial charge is 0.344 e. The van der Waals surface area contributed by atoms with Gasteiger partial charge in [-0.15, -0.1) is 0 Å². The van der Waals surface area contributed by atoms with E-state index in [9.17, 15) is 4.79 Å². The van der Waals surface area contributed by atoms with Crippen molar-refractivity contribution in [1.29, 1.82) is 0 Å². The number of carbonyl (C=O) groups excluding carboxylic acids is 1. The molecule has 0 fully saturated rings. The van der Waals surface area contributed by atoms with Gasteiger partial charge in [0.1, 0.15) is 0 Å². The molecular formula is C22H25N5O. The number of H-pyrrole nitrogens is 1. The normalized spacial score (nSPS) is 18.0. The summed E-state index contributed by atoms with van der Waals surface area (Å²) < 4.78 is 2.04. The number of hydrogen-bond acceptors (Lipinski definition) is 3. The molecular weight excluding hydrogens is 350 g/mol. The minimum absolute atomic E-state index is 0.00957. The highest BCUT2D eigenvalue weighted by Gasteiger charge is 2.29. The lowest BCUT2D eigenvalue weighted by Gasteiger charge is -2.24. The first-order chi connectivity index (χ1) is 13.6. The number of amides is 1. The van der Waals surface area contributed by atoms with Crippen LogP contribution in [0, 0.1) is 13.8 Å². The predicted molar refractivity (Wildman–Crippen MR) is 107 cm³/mol. The molecule has 2 aliphatic carbocycles. The van der Waals surface area contributed by atoms with E-state index in [1.807, 2.05) is 10.9 Å². The van der Waals surface area contributed by atoms with Gasteiger partial charge in [0.15, 0.2) is 5.69 Å². The van der Waals surface area contributed by atoms with Crippen LogP contribution in [0.5, 0.6) is 0 Å². The third kappa shape index (κ3) is 2.84. The Bertz CT molecular complexity index is 1040. The highest BCUT2D eigenvalue weighted by Crippen LogP contribution is 2.32. The van der Waals surface area contributed by atoms with Gasteiger partial charge in [-0.25, -0.2) is 4.68 Å². The van der Waals surface area contributed by atoms with Crippen molar-refractivity contribution in [3.8, 4) is 5.69 Å². The van der Waals surface area contributed by atoms with Crippen molar-refractivity contribution in [3.05, 3.63) is 63.7 Å². The second-order valence-corrected chi connectivity index (χ2v) is 8.11. The molecule has 2 aromatic heterocycles. The van der Waals surface area contributed by atoms with E-state index < -0.39 is 0 Å². The zero-order chi connectivity index (χ0) is 19.3. The number of nitrogens with one attached hydrogen (secondary N) is 2. The predicted octanol–water partition coefficient (Wildman–Crippen LogP) is 3.51.